The molecule has 2 aliphatic heterocycles. The summed E-state index contributed by atoms with van der Waals surface area (Å²) in [6, 6.07) is 0. The van der Waals surface area contributed by atoms with Gasteiger partial charge >= 0.3 is 0 Å². The zero-order valence-electron chi connectivity index (χ0n) is 14.1. The molecule has 0 aliphatic carbocycles. The van der Waals surface area contributed by atoms with Gasteiger partial charge in [-0.2, -0.15) is 0 Å². The van der Waals surface area contributed by atoms with Gasteiger partial charge in [0.05, 0.1) is 25.4 Å². The quantitative estimate of drug-likeness (QED) is 0.259. The highest BCUT2D eigenvalue weighted by molar-refractivity contribution is 4.94. The molecule has 2 heterocycles. The van der Waals surface area contributed by atoms with E-state index >= 15 is 0 Å². The highest BCUT2D eigenvalue weighted by Crippen LogP contribution is 2.34. The van der Waals surface area contributed by atoms with Crippen molar-refractivity contribution < 1.29 is 50.0 Å². The van der Waals surface area contributed by atoms with Crippen molar-refractivity contribution in [3.63, 3.8) is 0 Å². The summed E-state index contributed by atoms with van der Waals surface area (Å²) in [4.78, 5) is 0. The molecule has 0 aromatic carbocycles. The van der Waals surface area contributed by atoms with Crippen LogP contribution in [0.4, 0.5) is 0 Å². The van der Waals surface area contributed by atoms with Gasteiger partial charge in [-0.05, 0) is 5.92 Å². The first kappa shape index (κ1) is 20.9. The normalized spacial score (nSPS) is 48.7. The molecule has 2 aliphatic rings. The van der Waals surface area contributed by atoms with E-state index in [-0.39, 0.29) is 5.92 Å². The number of ether oxygens (including phenoxy) is 3. The fraction of sp³-hybridized carbons (Fsp3) is 1.00. The minimum absolute atomic E-state index is 0.0893. The Bertz CT molecular complexity index is 417. The molecule has 10 nitrogen and oxygen atoms in total. The monoisotopic (exact) mass is 368 g/mol. The molecule has 7 N–H and O–H groups in total. The van der Waals surface area contributed by atoms with Crippen LogP contribution in [-0.2, 0) is 14.2 Å². The van der Waals surface area contributed by atoms with Gasteiger partial charge in [-0.15, -0.1) is 0 Å². The third kappa shape index (κ3) is 4.14. The Kier molecular flexibility index (Phi) is 7.13. The second-order valence-electron chi connectivity index (χ2n) is 6.86. The van der Waals surface area contributed by atoms with Gasteiger partial charge in [0.2, 0.25) is 0 Å². The molecule has 0 amide bonds. The Balaban J connectivity index is 2.15. The number of hydrogen-bond acceptors (Lipinski definition) is 10. The van der Waals surface area contributed by atoms with E-state index in [0.717, 1.165) is 0 Å². The first-order valence-electron chi connectivity index (χ1n) is 8.31. The summed E-state index contributed by atoms with van der Waals surface area (Å²) in [5, 5.41) is 68.8. The zero-order valence-corrected chi connectivity index (χ0v) is 14.1. The van der Waals surface area contributed by atoms with Gasteiger partial charge in [0.15, 0.2) is 12.6 Å². The van der Waals surface area contributed by atoms with E-state index in [4.69, 9.17) is 14.2 Å². The average Bonchev–Trinajstić information content (AvgIpc) is 2.57. The maximum Gasteiger partial charge on any atom is 0.187 e. The van der Waals surface area contributed by atoms with Crippen LogP contribution in [0.3, 0.4) is 0 Å². The first-order valence-corrected chi connectivity index (χ1v) is 8.31. The van der Waals surface area contributed by atoms with Crippen LogP contribution >= 0.6 is 0 Å². The molecule has 0 aromatic heterocycles. The van der Waals surface area contributed by atoms with E-state index in [1.807, 2.05) is 13.8 Å². The molecule has 9 unspecified atom stereocenters. The summed E-state index contributed by atoms with van der Waals surface area (Å²) in [5.41, 5.74) is 0. The average molecular weight is 368 g/mol. The molecule has 2 rings (SSSR count). The lowest BCUT2D eigenvalue weighted by atomic mass is 9.81. The SMILES string of the molecule is CC(C)C1C(CO)OC(OC2C(CO)OC(O)C(O)C2O)C(O)[C@@H]1O. The largest absolute Gasteiger partial charge is 0.394 e. The van der Waals surface area contributed by atoms with Crippen molar-refractivity contribution in [3.05, 3.63) is 0 Å². The Morgan fingerprint density at radius 3 is 1.92 bits per heavy atom. The van der Waals surface area contributed by atoms with E-state index in [0.29, 0.717) is 0 Å². The zero-order chi connectivity index (χ0) is 18.9. The third-order valence-electron chi connectivity index (χ3n) is 4.84. The first-order chi connectivity index (χ1) is 11.7. The Morgan fingerprint density at radius 2 is 1.40 bits per heavy atom. The summed E-state index contributed by atoms with van der Waals surface area (Å²) >= 11 is 0. The molecular weight excluding hydrogens is 340 g/mol. The topological polar surface area (TPSA) is 169 Å². The molecule has 0 radical (unpaired) electrons. The molecule has 0 bridgehead atoms. The molecule has 0 spiro atoms. The molecule has 2 fully saturated rings. The third-order valence-corrected chi connectivity index (χ3v) is 4.84. The molecule has 148 valence electrons. The molecule has 10 heteroatoms. The van der Waals surface area contributed by atoms with Crippen molar-refractivity contribution in [1.82, 2.24) is 0 Å². The maximum atomic E-state index is 10.3. The van der Waals surface area contributed by atoms with Gasteiger partial charge in [0.25, 0.3) is 0 Å². The predicted molar refractivity (Wildman–Crippen MR) is 80.9 cm³/mol. The van der Waals surface area contributed by atoms with Crippen LogP contribution in [0.15, 0.2) is 0 Å². The van der Waals surface area contributed by atoms with Crippen LogP contribution < -0.4 is 0 Å². The van der Waals surface area contributed by atoms with E-state index in [2.05, 4.69) is 0 Å². The van der Waals surface area contributed by atoms with Gasteiger partial charge in [-0.25, -0.2) is 0 Å². The van der Waals surface area contributed by atoms with E-state index in [1.54, 1.807) is 0 Å². The lowest BCUT2D eigenvalue weighted by Crippen LogP contribution is -2.63. The number of aliphatic hydroxyl groups is 7. The number of hydrogen-bond donors (Lipinski definition) is 7. The lowest BCUT2D eigenvalue weighted by Gasteiger charge is -2.47. The van der Waals surface area contributed by atoms with Gasteiger partial charge in [0.1, 0.15) is 30.5 Å². The summed E-state index contributed by atoms with van der Waals surface area (Å²) in [7, 11) is 0. The molecule has 25 heavy (non-hydrogen) atoms. The minimum Gasteiger partial charge on any atom is -0.394 e. The fourth-order valence-corrected chi connectivity index (χ4v) is 3.44. The van der Waals surface area contributed by atoms with Gasteiger partial charge in [-0.1, -0.05) is 13.8 Å². The van der Waals surface area contributed by atoms with Crippen LogP contribution in [0.5, 0.6) is 0 Å². The second-order valence-corrected chi connectivity index (χ2v) is 6.86. The molecule has 0 saturated carbocycles. The minimum atomic E-state index is -1.70. The van der Waals surface area contributed by atoms with E-state index < -0.39 is 74.4 Å². The van der Waals surface area contributed by atoms with Gasteiger partial charge in [-0.3, -0.25) is 0 Å². The molecule has 2 saturated heterocycles. The Morgan fingerprint density at radius 1 is 0.800 bits per heavy atom. The number of aliphatic hydroxyl groups excluding tert-OH is 7. The summed E-state index contributed by atoms with van der Waals surface area (Å²) < 4.78 is 16.0. The standard InChI is InChI=1S/C15H28O10/c1-5(2)8-6(3-16)24-15(12(21)9(8)18)25-13-7(4-17)23-14(22)11(20)10(13)19/h5-22H,3-4H2,1-2H3/t6?,7?,8?,9-,10?,11?,12?,13?,14?,15?/m1/s1. The van der Waals surface area contributed by atoms with Crippen LogP contribution in [0.25, 0.3) is 0 Å². The van der Waals surface area contributed by atoms with Crippen molar-refractivity contribution in [2.45, 2.75) is 69.2 Å². The van der Waals surface area contributed by atoms with Crippen LogP contribution in [-0.4, -0.2) is 104 Å². The van der Waals surface area contributed by atoms with Crippen molar-refractivity contribution in [2.75, 3.05) is 13.2 Å². The van der Waals surface area contributed by atoms with Crippen LogP contribution in [0.1, 0.15) is 13.8 Å². The van der Waals surface area contributed by atoms with Gasteiger partial charge in [0, 0.05) is 5.92 Å². The molecule has 10 atom stereocenters. The maximum absolute atomic E-state index is 10.3. The molecular formula is C15H28O10. The fourth-order valence-electron chi connectivity index (χ4n) is 3.44. The highest BCUT2D eigenvalue weighted by atomic mass is 16.7. The van der Waals surface area contributed by atoms with Crippen LogP contribution in [0, 0.1) is 11.8 Å². The summed E-state index contributed by atoms with van der Waals surface area (Å²) in [6.45, 7) is 2.58. The molecule has 0 aromatic rings. The van der Waals surface area contributed by atoms with Crippen molar-refractivity contribution in [1.29, 1.82) is 0 Å². The predicted octanol–water partition coefficient (Wildman–Crippen LogP) is -3.49. The second kappa shape index (κ2) is 8.53. The number of rotatable bonds is 5. The lowest BCUT2D eigenvalue weighted by molar-refractivity contribution is -0.353. The Hall–Kier alpha value is -0.400. The van der Waals surface area contributed by atoms with Gasteiger partial charge < -0.3 is 50.0 Å². The smallest absolute Gasteiger partial charge is 0.187 e. The Labute approximate surface area is 145 Å². The summed E-state index contributed by atoms with van der Waals surface area (Å²) in [6.07, 6.45) is -12.5. The van der Waals surface area contributed by atoms with Crippen LogP contribution in [0.2, 0.25) is 0 Å². The van der Waals surface area contributed by atoms with E-state index in [1.165, 1.54) is 0 Å². The van der Waals surface area contributed by atoms with Crippen molar-refractivity contribution >= 4 is 0 Å². The van der Waals surface area contributed by atoms with Crippen molar-refractivity contribution in [2.24, 2.45) is 11.8 Å². The summed E-state index contributed by atoms with van der Waals surface area (Å²) in [5.74, 6) is -0.623. The van der Waals surface area contributed by atoms with E-state index in [9.17, 15) is 35.7 Å². The van der Waals surface area contributed by atoms with Crippen molar-refractivity contribution in [3.8, 4) is 0 Å². The highest BCUT2D eigenvalue weighted by Gasteiger charge is 2.50.